The van der Waals surface area contributed by atoms with Gasteiger partial charge in [-0.2, -0.15) is 5.10 Å². The highest BCUT2D eigenvalue weighted by molar-refractivity contribution is 6.09. The van der Waals surface area contributed by atoms with Gasteiger partial charge in [-0.3, -0.25) is 4.57 Å². The van der Waals surface area contributed by atoms with E-state index in [1.807, 2.05) is 12.3 Å². The summed E-state index contributed by atoms with van der Waals surface area (Å²) in [5.41, 5.74) is 11.9. The molecule has 0 N–H and O–H groups in total. The van der Waals surface area contributed by atoms with Gasteiger partial charge < -0.3 is 4.74 Å². The van der Waals surface area contributed by atoms with Crippen LogP contribution < -0.4 is 4.74 Å². The smallest absolute Gasteiger partial charge is 0.137 e. The summed E-state index contributed by atoms with van der Waals surface area (Å²) in [5.74, 6) is 3.76. The van der Waals surface area contributed by atoms with E-state index in [-0.39, 0.29) is 0 Å². The number of aryl methyl sites for hydroxylation is 3. The first kappa shape index (κ1) is 30.9. The Labute approximate surface area is 288 Å². The topological polar surface area (TPSA) is 44.9 Å². The minimum absolute atomic E-state index is 0.343. The highest BCUT2D eigenvalue weighted by atomic mass is 16.5. The molecule has 0 saturated carbocycles. The van der Waals surface area contributed by atoms with E-state index < -0.39 is 0 Å². The highest BCUT2D eigenvalue weighted by Crippen LogP contribution is 2.46. The Kier molecular flexibility index (Phi) is 7.71. The van der Waals surface area contributed by atoms with Crippen molar-refractivity contribution in [2.24, 2.45) is 5.92 Å². The summed E-state index contributed by atoms with van der Waals surface area (Å²) in [6.07, 6.45) is 5.49. The minimum Gasteiger partial charge on any atom is -0.457 e. The monoisotopic (exact) mass is 642 g/mol. The molecule has 0 radical (unpaired) electrons. The molecular weight excluding hydrogens is 601 g/mol. The Hall–Kier alpha value is -5.42. The summed E-state index contributed by atoms with van der Waals surface area (Å²) in [4.78, 5) is 4.74. The van der Waals surface area contributed by atoms with E-state index in [1.165, 1.54) is 38.7 Å². The fourth-order valence-corrected chi connectivity index (χ4v) is 8.22. The van der Waals surface area contributed by atoms with Crippen molar-refractivity contribution >= 4 is 21.8 Å². The van der Waals surface area contributed by atoms with Crippen LogP contribution in [0.1, 0.15) is 65.7 Å². The zero-order chi connectivity index (χ0) is 33.8. The third-order valence-corrected chi connectivity index (χ3v) is 10.3. The Morgan fingerprint density at radius 3 is 2.29 bits per heavy atom. The van der Waals surface area contributed by atoms with Crippen LogP contribution in [-0.4, -0.2) is 19.3 Å². The predicted molar refractivity (Wildman–Crippen MR) is 201 cm³/mol. The number of benzene rings is 4. The number of rotatable bonds is 6. The number of allylic oxidation sites excluding steroid dienone is 2. The van der Waals surface area contributed by atoms with Gasteiger partial charge in [0.15, 0.2) is 0 Å². The molecule has 49 heavy (non-hydrogen) atoms. The average Bonchev–Trinajstić information content (AvgIpc) is 3.57. The van der Waals surface area contributed by atoms with E-state index >= 15 is 0 Å². The van der Waals surface area contributed by atoms with Crippen LogP contribution in [0.3, 0.4) is 0 Å². The maximum atomic E-state index is 6.64. The van der Waals surface area contributed by atoms with Crippen LogP contribution in [0.4, 0.5) is 0 Å². The molecule has 1 aliphatic rings. The van der Waals surface area contributed by atoms with Crippen molar-refractivity contribution in [3.63, 3.8) is 0 Å². The molecule has 0 unspecified atom stereocenters. The lowest BCUT2D eigenvalue weighted by Crippen LogP contribution is -2.20. The van der Waals surface area contributed by atoms with Crippen molar-refractivity contribution in [2.45, 2.75) is 59.8 Å². The molecule has 0 bridgehead atoms. The second-order valence-electron chi connectivity index (χ2n) is 13.9. The Balaban J connectivity index is 1.14. The van der Waals surface area contributed by atoms with Crippen LogP contribution in [0.25, 0.3) is 33.3 Å². The first-order valence-corrected chi connectivity index (χ1v) is 17.3. The number of ether oxygens (including phenoxy) is 1. The van der Waals surface area contributed by atoms with Crippen molar-refractivity contribution < 1.29 is 4.74 Å². The molecule has 5 heteroatoms. The van der Waals surface area contributed by atoms with Gasteiger partial charge in [0.1, 0.15) is 17.3 Å². The molecule has 8 rings (SSSR count). The minimum atomic E-state index is 0.343. The number of pyridine rings is 1. The second-order valence-corrected chi connectivity index (χ2v) is 13.9. The fourth-order valence-electron chi connectivity index (χ4n) is 8.22. The molecule has 3 atom stereocenters. The lowest BCUT2D eigenvalue weighted by atomic mass is 9.70. The molecule has 1 aliphatic carbocycles. The third kappa shape index (κ3) is 5.53. The van der Waals surface area contributed by atoms with E-state index in [0.717, 1.165) is 51.7 Å². The summed E-state index contributed by atoms with van der Waals surface area (Å²) in [6, 6.07) is 36.3. The highest BCUT2D eigenvalue weighted by Gasteiger charge is 2.33. The molecule has 3 heterocycles. The van der Waals surface area contributed by atoms with Crippen molar-refractivity contribution in [3.05, 3.63) is 155 Å². The van der Waals surface area contributed by atoms with Gasteiger partial charge in [0.05, 0.1) is 22.4 Å². The molecule has 0 spiro atoms. The number of hydrogen-bond donors (Lipinski definition) is 0. The summed E-state index contributed by atoms with van der Waals surface area (Å²) in [6.45, 7) is 13.3. The van der Waals surface area contributed by atoms with E-state index in [1.54, 1.807) is 0 Å². The van der Waals surface area contributed by atoms with E-state index in [2.05, 4.69) is 154 Å². The van der Waals surface area contributed by atoms with Gasteiger partial charge in [-0.05, 0) is 106 Å². The molecule has 4 aromatic carbocycles. The van der Waals surface area contributed by atoms with Gasteiger partial charge in [0, 0.05) is 52.2 Å². The standard InChI is InChI=1S/C44H42N4O/c1-27-18-19-45-42(22-27)47-40-15-11-10-14-38(40)39-17-16-36(26-41(39)47)49-37-21-28(2)20-35(25-37)48-32(6)44(31(5)46-48)43-29(3)23-34(24-30(43)4)33-12-8-7-9-13-33/h7-23,25-26,30,34,43H,24H2,1-6H3/t30-,34+,43+/m0/s1. The van der Waals surface area contributed by atoms with E-state index in [0.29, 0.717) is 17.8 Å². The fraction of sp³-hybridized carbons (Fsp3) is 0.227. The van der Waals surface area contributed by atoms with Crippen LogP contribution in [0.15, 0.2) is 121 Å². The Bertz CT molecular complexity index is 2380. The molecule has 0 fully saturated rings. The molecule has 5 nitrogen and oxygen atoms in total. The molecule has 0 saturated heterocycles. The summed E-state index contributed by atoms with van der Waals surface area (Å²) < 4.78 is 11.0. The Morgan fingerprint density at radius 2 is 1.49 bits per heavy atom. The normalized spacial score (nSPS) is 17.8. The largest absolute Gasteiger partial charge is 0.457 e. The summed E-state index contributed by atoms with van der Waals surface area (Å²) >= 11 is 0. The number of hydrogen-bond acceptors (Lipinski definition) is 3. The van der Waals surface area contributed by atoms with Crippen molar-refractivity contribution in [1.29, 1.82) is 0 Å². The number of fused-ring (bicyclic) bond motifs is 3. The molecule has 244 valence electrons. The Morgan fingerprint density at radius 1 is 0.714 bits per heavy atom. The number of aromatic nitrogens is 4. The summed E-state index contributed by atoms with van der Waals surface area (Å²) in [5, 5.41) is 7.49. The predicted octanol–water partition coefficient (Wildman–Crippen LogP) is 11.2. The van der Waals surface area contributed by atoms with Gasteiger partial charge in [0.25, 0.3) is 0 Å². The molecule has 0 amide bonds. The third-order valence-electron chi connectivity index (χ3n) is 10.3. The average molecular weight is 643 g/mol. The van der Waals surface area contributed by atoms with Gasteiger partial charge in [0.2, 0.25) is 0 Å². The number of nitrogens with zero attached hydrogens (tertiary/aromatic N) is 4. The zero-order valence-electron chi connectivity index (χ0n) is 29.1. The van der Waals surface area contributed by atoms with E-state index in [4.69, 9.17) is 14.8 Å². The maximum Gasteiger partial charge on any atom is 0.137 e. The first-order valence-electron chi connectivity index (χ1n) is 17.3. The van der Waals surface area contributed by atoms with Gasteiger partial charge >= 0.3 is 0 Å². The van der Waals surface area contributed by atoms with Gasteiger partial charge in [-0.15, -0.1) is 0 Å². The van der Waals surface area contributed by atoms with Crippen molar-refractivity contribution in [3.8, 4) is 23.0 Å². The van der Waals surface area contributed by atoms with E-state index in [9.17, 15) is 0 Å². The second kappa shape index (κ2) is 12.2. The van der Waals surface area contributed by atoms with Crippen molar-refractivity contribution in [2.75, 3.05) is 0 Å². The quantitative estimate of drug-likeness (QED) is 0.170. The van der Waals surface area contributed by atoms with Crippen LogP contribution in [0.5, 0.6) is 11.5 Å². The van der Waals surface area contributed by atoms with Gasteiger partial charge in [-0.25, -0.2) is 9.67 Å². The van der Waals surface area contributed by atoms with Gasteiger partial charge in [-0.1, -0.05) is 67.1 Å². The molecule has 0 aliphatic heterocycles. The van der Waals surface area contributed by atoms with Crippen molar-refractivity contribution in [1.82, 2.24) is 19.3 Å². The van der Waals surface area contributed by atoms with Crippen LogP contribution in [-0.2, 0) is 0 Å². The molecular formula is C44H42N4O. The first-order chi connectivity index (χ1) is 23.7. The lowest BCUT2D eigenvalue weighted by Gasteiger charge is -2.34. The SMILES string of the molecule is CC1=C[C@@H](c2ccccc2)C[C@H](C)[C@@H]1c1c(C)nn(-c2cc(C)cc(Oc3ccc4c5ccccc5n(-c5cc(C)ccn5)c4c3)c2)c1C. The van der Waals surface area contributed by atoms with Crippen LogP contribution >= 0.6 is 0 Å². The number of para-hydroxylation sites is 1. The van der Waals surface area contributed by atoms with Crippen LogP contribution in [0, 0.1) is 33.6 Å². The zero-order valence-corrected chi connectivity index (χ0v) is 29.1. The maximum absolute atomic E-state index is 6.64. The molecule has 3 aromatic heterocycles. The lowest BCUT2D eigenvalue weighted by molar-refractivity contribution is 0.420. The molecule has 7 aromatic rings. The van der Waals surface area contributed by atoms with Crippen LogP contribution in [0.2, 0.25) is 0 Å². The summed E-state index contributed by atoms with van der Waals surface area (Å²) in [7, 11) is 0.